The number of hydrogen-bond donors (Lipinski definition) is 2. The van der Waals surface area contributed by atoms with Gasteiger partial charge in [-0.15, -0.1) is 12.4 Å². The number of benzene rings is 1. The van der Waals surface area contributed by atoms with Crippen molar-refractivity contribution in [3.63, 3.8) is 0 Å². The normalized spacial score (nSPS) is 11.5. The maximum atomic E-state index is 8.72. The Morgan fingerprint density at radius 2 is 1.88 bits per heavy atom. The highest BCUT2D eigenvalue weighted by atomic mass is 35.5. The van der Waals surface area contributed by atoms with Gasteiger partial charge in [-0.05, 0) is 31.0 Å². The molecule has 0 aliphatic heterocycles. The highest BCUT2D eigenvalue weighted by Gasteiger charge is 2.06. The van der Waals surface area contributed by atoms with E-state index in [-0.39, 0.29) is 18.4 Å². The predicted octanol–water partition coefficient (Wildman–Crippen LogP) is 2.04. The first-order valence-electron chi connectivity index (χ1n) is 4.81. The first kappa shape index (κ1) is 15.0. The Kier molecular flexibility index (Phi) is 6.88. The first-order chi connectivity index (χ1) is 7.21. The second kappa shape index (κ2) is 7.33. The quantitative estimate of drug-likeness (QED) is 0.782. The van der Waals surface area contributed by atoms with Gasteiger partial charge in [0, 0.05) is 6.04 Å². The molecule has 0 spiro atoms. The lowest BCUT2D eigenvalue weighted by molar-refractivity contribution is 0.133. The van der Waals surface area contributed by atoms with Crippen molar-refractivity contribution in [1.82, 2.24) is 5.48 Å². The molecule has 92 valence electrons. The van der Waals surface area contributed by atoms with Gasteiger partial charge in [-0.25, -0.2) is 5.48 Å². The Morgan fingerprint density at radius 3 is 2.38 bits per heavy atom. The molecule has 0 radical (unpaired) electrons. The van der Waals surface area contributed by atoms with Crippen LogP contribution in [0.15, 0.2) is 18.2 Å². The zero-order chi connectivity index (χ0) is 11.3. The van der Waals surface area contributed by atoms with E-state index in [4.69, 9.17) is 14.7 Å². The van der Waals surface area contributed by atoms with Gasteiger partial charge in [-0.1, -0.05) is 6.07 Å². The molecule has 0 fully saturated rings. The average molecular weight is 248 g/mol. The molecule has 0 heterocycles. The van der Waals surface area contributed by atoms with Crippen LogP contribution in [0.4, 0.5) is 0 Å². The topological polar surface area (TPSA) is 50.7 Å². The fraction of sp³-hybridized carbons (Fsp3) is 0.455. The predicted molar refractivity (Wildman–Crippen MR) is 64.9 cm³/mol. The molecule has 0 aliphatic carbocycles. The molecule has 2 N–H and O–H groups in total. The van der Waals surface area contributed by atoms with Gasteiger partial charge >= 0.3 is 0 Å². The Labute approximate surface area is 102 Å². The van der Waals surface area contributed by atoms with Crippen LogP contribution in [-0.2, 0) is 6.42 Å². The lowest BCUT2D eigenvalue weighted by Gasteiger charge is -2.12. The Hall–Kier alpha value is -0.970. The number of ether oxygens (including phenoxy) is 2. The van der Waals surface area contributed by atoms with Crippen molar-refractivity contribution >= 4 is 12.4 Å². The summed E-state index contributed by atoms with van der Waals surface area (Å²) in [6.07, 6.45) is 0.733. The van der Waals surface area contributed by atoms with Crippen LogP contribution < -0.4 is 15.0 Å². The van der Waals surface area contributed by atoms with E-state index < -0.39 is 0 Å². The Balaban J connectivity index is 0.00000225. The Morgan fingerprint density at radius 1 is 1.25 bits per heavy atom. The number of rotatable bonds is 5. The van der Waals surface area contributed by atoms with E-state index in [0.29, 0.717) is 11.5 Å². The molecular weight excluding hydrogens is 230 g/mol. The third-order valence-corrected chi connectivity index (χ3v) is 2.21. The zero-order valence-electron chi connectivity index (χ0n) is 9.69. The summed E-state index contributed by atoms with van der Waals surface area (Å²) < 4.78 is 10.3. The molecule has 0 saturated heterocycles. The molecule has 1 unspecified atom stereocenters. The number of hydrogen-bond acceptors (Lipinski definition) is 4. The van der Waals surface area contributed by atoms with Crippen LogP contribution in [0.2, 0.25) is 0 Å². The average Bonchev–Trinajstić information content (AvgIpc) is 2.28. The molecular formula is C11H18ClNO3. The van der Waals surface area contributed by atoms with Gasteiger partial charge in [0.1, 0.15) is 0 Å². The van der Waals surface area contributed by atoms with Gasteiger partial charge in [-0.2, -0.15) is 0 Å². The summed E-state index contributed by atoms with van der Waals surface area (Å²) in [7, 11) is 3.21. The fourth-order valence-electron chi connectivity index (χ4n) is 1.41. The summed E-state index contributed by atoms with van der Waals surface area (Å²) in [5.74, 6) is 1.42. The minimum atomic E-state index is 0. The van der Waals surface area contributed by atoms with Gasteiger partial charge < -0.3 is 14.7 Å². The van der Waals surface area contributed by atoms with Crippen molar-refractivity contribution in [2.24, 2.45) is 0 Å². The van der Waals surface area contributed by atoms with Gasteiger partial charge in [-0.3, -0.25) is 0 Å². The van der Waals surface area contributed by atoms with Crippen molar-refractivity contribution < 1.29 is 14.7 Å². The number of nitrogens with one attached hydrogen (secondary N) is 1. The summed E-state index contributed by atoms with van der Waals surface area (Å²) in [6, 6.07) is 5.74. The molecule has 16 heavy (non-hydrogen) atoms. The fourth-order valence-corrected chi connectivity index (χ4v) is 1.41. The summed E-state index contributed by atoms with van der Waals surface area (Å²) in [5, 5.41) is 8.72. The number of hydroxylamine groups is 1. The molecule has 0 aliphatic rings. The second-order valence-electron chi connectivity index (χ2n) is 3.42. The van der Waals surface area contributed by atoms with E-state index in [1.54, 1.807) is 14.2 Å². The van der Waals surface area contributed by atoms with Crippen LogP contribution in [0, 0.1) is 0 Å². The molecule has 1 aromatic carbocycles. The maximum Gasteiger partial charge on any atom is 0.160 e. The van der Waals surface area contributed by atoms with Crippen molar-refractivity contribution in [2.75, 3.05) is 14.2 Å². The van der Waals surface area contributed by atoms with Crippen molar-refractivity contribution in [1.29, 1.82) is 0 Å². The van der Waals surface area contributed by atoms with Crippen LogP contribution in [0.3, 0.4) is 0 Å². The van der Waals surface area contributed by atoms with Crippen LogP contribution in [0.1, 0.15) is 12.5 Å². The van der Waals surface area contributed by atoms with E-state index in [1.165, 1.54) is 0 Å². The molecule has 0 bridgehead atoms. The van der Waals surface area contributed by atoms with Gasteiger partial charge in [0.25, 0.3) is 0 Å². The largest absolute Gasteiger partial charge is 0.493 e. The van der Waals surface area contributed by atoms with E-state index in [9.17, 15) is 0 Å². The van der Waals surface area contributed by atoms with Crippen molar-refractivity contribution in [2.45, 2.75) is 19.4 Å². The molecule has 5 heteroatoms. The monoisotopic (exact) mass is 247 g/mol. The van der Waals surface area contributed by atoms with Crippen LogP contribution >= 0.6 is 12.4 Å². The molecule has 1 aromatic rings. The minimum absolute atomic E-state index is 0. The van der Waals surface area contributed by atoms with E-state index in [1.807, 2.05) is 25.1 Å². The van der Waals surface area contributed by atoms with E-state index in [2.05, 4.69) is 5.48 Å². The van der Waals surface area contributed by atoms with Crippen molar-refractivity contribution in [3.05, 3.63) is 23.8 Å². The molecule has 4 nitrogen and oxygen atoms in total. The molecule has 0 aromatic heterocycles. The van der Waals surface area contributed by atoms with Crippen molar-refractivity contribution in [3.8, 4) is 11.5 Å². The van der Waals surface area contributed by atoms with E-state index in [0.717, 1.165) is 12.0 Å². The molecule has 1 rings (SSSR count). The van der Waals surface area contributed by atoms with Gasteiger partial charge in [0.05, 0.1) is 14.2 Å². The molecule has 0 amide bonds. The summed E-state index contributed by atoms with van der Waals surface area (Å²) >= 11 is 0. The lowest BCUT2D eigenvalue weighted by Crippen LogP contribution is -2.24. The van der Waals surface area contributed by atoms with E-state index >= 15 is 0 Å². The Bertz CT molecular complexity index is 320. The summed E-state index contributed by atoms with van der Waals surface area (Å²) in [4.78, 5) is 0. The smallest absolute Gasteiger partial charge is 0.160 e. The zero-order valence-corrected chi connectivity index (χ0v) is 10.5. The summed E-state index contributed by atoms with van der Waals surface area (Å²) in [5.41, 5.74) is 3.29. The standard InChI is InChI=1S/C11H17NO3.ClH/c1-8(12-13)6-9-4-5-10(14-2)11(7-9)15-3;/h4-5,7-8,12-13H,6H2,1-3H3;1H. The minimum Gasteiger partial charge on any atom is -0.493 e. The van der Waals surface area contributed by atoms with Crippen LogP contribution in [0.25, 0.3) is 0 Å². The van der Waals surface area contributed by atoms with Crippen LogP contribution in [-0.4, -0.2) is 25.5 Å². The SMILES string of the molecule is COc1ccc(CC(C)NO)cc1OC.Cl. The lowest BCUT2D eigenvalue weighted by atomic mass is 10.1. The first-order valence-corrected chi connectivity index (χ1v) is 4.81. The summed E-state index contributed by atoms with van der Waals surface area (Å²) in [6.45, 7) is 1.90. The second-order valence-corrected chi connectivity index (χ2v) is 3.42. The highest BCUT2D eigenvalue weighted by Crippen LogP contribution is 2.27. The molecule has 1 atom stereocenters. The third kappa shape index (κ3) is 3.89. The number of methoxy groups -OCH3 is 2. The number of halogens is 1. The molecule has 0 saturated carbocycles. The maximum absolute atomic E-state index is 8.72. The highest BCUT2D eigenvalue weighted by molar-refractivity contribution is 5.85. The van der Waals surface area contributed by atoms with Gasteiger partial charge in [0.2, 0.25) is 0 Å². The van der Waals surface area contributed by atoms with Gasteiger partial charge in [0.15, 0.2) is 11.5 Å². The third-order valence-electron chi connectivity index (χ3n) is 2.21. The van der Waals surface area contributed by atoms with Crippen LogP contribution in [0.5, 0.6) is 11.5 Å².